The molecule has 70 valence electrons. The van der Waals surface area contributed by atoms with Gasteiger partial charge in [-0.25, -0.2) is 4.98 Å². The summed E-state index contributed by atoms with van der Waals surface area (Å²) in [6.45, 7) is 3.71. The second-order valence-electron chi connectivity index (χ2n) is 3.86. The summed E-state index contributed by atoms with van der Waals surface area (Å²) < 4.78 is 0. The van der Waals surface area contributed by atoms with Crippen LogP contribution in [-0.2, 0) is 11.2 Å². The molecule has 13 heavy (non-hydrogen) atoms. The van der Waals surface area contributed by atoms with Crippen LogP contribution in [-0.4, -0.2) is 10.8 Å². The average Bonchev–Trinajstić information content (AvgIpc) is 2.72. The summed E-state index contributed by atoms with van der Waals surface area (Å²) in [5.74, 6) is 0.346. The van der Waals surface area contributed by atoms with Crippen LogP contribution in [0.3, 0.4) is 0 Å². The quantitative estimate of drug-likeness (QED) is 0.741. The highest BCUT2D eigenvalue weighted by molar-refractivity contribution is 7.11. The topological polar surface area (TPSA) is 30.0 Å². The molecule has 0 aromatic carbocycles. The number of nitrogens with zero attached hydrogens (tertiary/aromatic N) is 1. The third-order valence-electron chi connectivity index (χ3n) is 2.78. The molecular weight excluding hydrogens is 182 g/mol. The zero-order chi connectivity index (χ0) is 9.47. The fourth-order valence-corrected chi connectivity index (χ4v) is 2.56. The summed E-state index contributed by atoms with van der Waals surface area (Å²) in [6.07, 6.45) is 4.95. The number of aromatic nitrogens is 1. The number of carbonyl (C=O) groups is 1. The molecule has 1 aliphatic carbocycles. The molecule has 0 amide bonds. The lowest BCUT2D eigenvalue weighted by Crippen LogP contribution is -2.14. The van der Waals surface area contributed by atoms with Crippen molar-refractivity contribution in [2.24, 2.45) is 5.41 Å². The molecule has 1 heterocycles. The Morgan fingerprint density at radius 3 is 2.77 bits per heavy atom. The van der Waals surface area contributed by atoms with E-state index in [-0.39, 0.29) is 5.41 Å². The van der Waals surface area contributed by atoms with Gasteiger partial charge in [0, 0.05) is 16.5 Å². The van der Waals surface area contributed by atoms with E-state index < -0.39 is 0 Å². The Balaban J connectivity index is 2.10. The Morgan fingerprint density at radius 1 is 1.69 bits per heavy atom. The SMILES string of the molecule is CC(=O)C1(Cc2cnc(C)s2)CC1. The number of hydrogen-bond acceptors (Lipinski definition) is 3. The summed E-state index contributed by atoms with van der Waals surface area (Å²) in [5.41, 5.74) is -0.00102. The summed E-state index contributed by atoms with van der Waals surface area (Å²) in [6, 6.07) is 0. The highest BCUT2D eigenvalue weighted by Crippen LogP contribution is 2.49. The van der Waals surface area contributed by atoms with E-state index in [0.29, 0.717) is 5.78 Å². The monoisotopic (exact) mass is 195 g/mol. The molecule has 0 aliphatic heterocycles. The second kappa shape index (κ2) is 2.91. The van der Waals surface area contributed by atoms with Crippen molar-refractivity contribution >= 4 is 17.1 Å². The van der Waals surface area contributed by atoms with E-state index in [1.807, 2.05) is 13.1 Å². The zero-order valence-corrected chi connectivity index (χ0v) is 8.78. The van der Waals surface area contributed by atoms with Crippen molar-refractivity contribution in [3.63, 3.8) is 0 Å². The summed E-state index contributed by atoms with van der Waals surface area (Å²) in [4.78, 5) is 16.8. The maximum atomic E-state index is 11.3. The van der Waals surface area contributed by atoms with Crippen molar-refractivity contribution in [3.8, 4) is 0 Å². The van der Waals surface area contributed by atoms with Gasteiger partial charge in [0.25, 0.3) is 0 Å². The van der Waals surface area contributed by atoms with Crippen molar-refractivity contribution in [3.05, 3.63) is 16.1 Å². The molecule has 1 aromatic rings. The molecule has 1 aliphatic rings. The standard InChI is InChI=1S/C10H13NOS/c1-7(12)10(3-4-10)5-9-6-11-8(2)13-9/h6H,3-5H2,1-2H3. The number of rotatable bonds is 3. The van der Waals surface area contributed by atoms with E-state index in [9.17, 15) is 4.79 Å². The fourth-order valence-electron chi connectivity index (χ4n) is 1.62. The molecule has 0 bridgehead atoms. The van der Waals surface area contributed by atoms with Crippen LogP contribution in [0, 0.1) is 12.3 Å². The third-order valence-corrected chi connectivity index (χ3v) is 3.69. The number of thiazole rings is 1. The minimum atomic E-state index is -0.00102. The maximum Gasteiger partial charge on any atom is 0.136 e. The molecule has 0 N–H and O–H groups in total. The van der Waals surface area contributed by atoms with Gasteiger partial charge in [0.1, 0.15) is 5.78 Å². The van der Waals surface area contributed by atoms with Gasteiger partial charge in [-0.05, 0) is 33.1 Å². The predicted octanol–water partition coefficient (Wildman–Crippen LogP) is 2.36. The minimum absolute atomic E-state index is 0.00102. The van der Waals surface area contributed by atoms with E-state index in [1.54, 1.807) is 18.3 Å². The largest absolute Gasteiger partial charge is 0.299 e. The van der Waals surface area contributed by atoms with Crippen molar-refractivity contribution < 1.29 is 4.79 Å². The fraction of sp³-hybridized carbons (Fsp3) is 0.600. The van der Waals surface area contributed by atoms with Gasteiger partial charge in [0.05, 0.1) is 5.01 Å². The number of Topliss-reactive ketones (excluding diaryl/α,β-unsaturated/α-hetero) is 1. The lowest BCUT2D eigenvalue weighted by Gasteiger charge is -2.07. The van der Waals surface area contributed by atoms with Crippen LogP contribution >= 0.6 is 11.3 Å². The van der Waals surface area contributed by atoms with E-state index in [1.165, 1.54) is 4.88 Å². The number of carbonyl (C=O) groups excluding carboxylic acids is 1. The first-order valence-corrected chi connectivity index (χ1v) is 5.36. The smallest absolute Gasteiger partial charge is 0.136 e. The molecule has 2 nitrogen and oxygen atoms in total. The Bertz CT molecular complexity index is 338. The zero-order valence-electron chi connectivity index (χ0n) is 7.96. The van der Waals surface area contributed by atoms with Crippen LogP contribution in [0.2, 0.25) is 0 Å². The van der Waals surface area contributed by atoms with Crippen LogP contribution in [0.4, 0.5) is 0 Å². The summed E-state index contributed by atoms with van der Waals surface area (Å²) >= 11 is 1.71. The van der Waals surface area contributed by atoms with Crippen molar-refractivity contribution in [1.82, 2.24) is 4.98 Å². The Hall–Kier alpha value is -0.700. The van der Waals surface area contributed by atoms with E-state index in [2.05, 4.69) is 4.98 Å². The first-order chi connectivity index (χ1) is 6.12. The predicted molar refractivity (Wildman–Crippen MR) is 52.9 cm³/mol. The van der Waals surface area contributed by atoms with Gasteiger partial charge in [-0.2, -0.15) is 0 Å². The first-order valence-electron chi connectivity index (χ1n) is 4.55. The van der Waals surface area contributed by atoms with Crippen molar-refractivity contribution in [2.45, 2.75) is 33.1 Å². The Kier molecular flexibility index (Phi) is 1.99. The second-order valence-corrected chi connectivity index (χ2v) is 5.18. The lowest BCUT2D eigenvalue weighted by atomic mass is 9.97. The van der Waals surface area contributed by atoms with Gasteiger partial charge >= 0.3 is 0 Å². The van der Waals surface area contributed by atoms with Crippen molar-refractivity contribution in [2.75, 3.05) is 0 Å². The normalized spacial score (nSPS) is 18.6. The molecule has 1 aromatic heterocycles. The molecule has 1 fully saturated rings. The first kappa shape index (κ1) is 8.88. The molecule has 0 spiro atoms. The van der Waals surface area contributed by atoms with Crippen LogP contribution in [0.25, 0.3) is 0 Å². The maximum absolute atomic E-state index is 11.3. The highest BCUT2D eigenvalue weighted by atomic mass is 32.1. The van der Waals surface area contributed by atoms with Crippen molar-refractivity contribution in [1.29, 1.82) is 0 Å². The average molecular weight is 195 g/mol. The number of ketones is 1. The molecule has 0 saturated heterocycles. The molecule has 0 atom stereocenters. The Morgan fingerprint density at radius 2 is 2.38 bits per heavy atom. The van der Waals surface area contributed by atoms with E-state index >= 15 is 0 Å². The van der Waals surface area contributed by atoms with Gasteiger partial charge in [-0.3, -0.25) is 4.79 Å². The number of hydrogen-bond donors (Lipinski definition) is 0. The van der Waals surface area contributed by atoms with Gasteiger partial charge < -0.3 is 0 Å². The molecule has 0 radical (unpaired) electrons. The molecule has 2 rings (SSSR count). The van der Waals surface area contributed by atoms with Gasteiger partial charge in [-0.1, -0.05) is 0 Å². The number of aryl methyl sites for hydroxylation is 1. The van der Waals surface area contributed by atoms with Gasteiger partial charge in [0.2, 0.25) is 0 Å². The van der Waals surface area contributed by atoms with Crippen LogP contribution in [0.1, 0.15) is 29.7 Å². The van der Waals surface area contributed by atoms with E-state index in [0.717, 1.165) is 24.3 Å². The minimum Gasteiger partial charge on any atom is -0.299 e. The van der Waals surface area contributed by atoms with Gasteiger partial charge in [0.15, 0.2) is 0 Å². The summed E-state index contributed by atoms with van der Waals surface area (Å²) in [5, 5.41) is 1.09. The van der Waals surface area contributed by atoms with Crippen LogP contribution in [0.5, 0.6) is 0 Å². The molecule has 0 unspecified atom stereocenters. The van der Waals surface area contributed by atoms with Crippen LogP contribution in [0.15, 0.2) is 6.20 Å². The molecule has 1 saturated carbocycles. The molecule has 3 heteroatoms. The van der Waals surface area contributed by atoms with E-state index in [4.69, 9.17) is 0 Å². The third kappa shape index (κ3) is 1.66. The Labute approximate surface area is 82.0 Å². The highest BCUT2D eigenvalue weighted by Gasteiger charge is 2.47. The molecular formula is C10H13NOS. The van der Waals surface area contributed by atoms with Gasteiger partial charge in [-0.15, -0.1) is 11.3 Å². The lowest BCUT2D eigenvalue weighted by molar-refractivity contribution is -0.121. The summed E-state index contributed by atoms with van der Waals surface area (Å²) in [7, 11) is 0. The van der Waals surface area contributed by atoms with Crippen LogP contribution < -0.4 is 0 Å².